The first-order chi connectivity index (χ1) is 7.20. The Morgan fingerprint density at radius 2 is 2.27 bits per heavy atom. The van der Waals surface area contributed by atoms with Crippen LogP contribution in [0.15, 0.2) is 0 Å². The van der Waals surface area contributed by atoms with Crippen molar-refractivity contribution in [3.05, 3.63) is 11.4 Å². The molecule has 0 atom stereocenters. The number of alkyl halides is 2. The Kier molecular flexibility index (Phi) is 4.57. The van der Waals surface area contributed by atoms with Gasteiger partial charge in [0.15, 0.2) is 0 Å². The number of ether oxygens (including phenoxy) is 1. The number of aliphatic hydroxyl groups is 1. The average molecular weight is 221 g/mol. The first kappa shape index (κ1) is 12.0. The molecule has 0 aliphatic carbocycles. The van der Waals surface area contributed by atoms with Crippen molar-refractivity contribution in [3.63, 3.8) is 0 Å². The van der Waals surface area contributed by atoms with Gasteiger partial charge in [-0.05, 0) is 6.92 Å². The highest BCUT2D eigenvalue weighted by Gasteiger charge is 2.20. The number of rotatable bonds is 6. The van der Waals surface area contributed by atoms with Crippen LogP contribution in [0.4, 0.5) is 8.78 Å². The summed E-state index contributed by atoms with van der Waals surface area (Å²) >= 11 is 0. The summed E-state index contributed by atoms with van der Waals surface area (Å²) in [6, 6.07) is 0. The molecule has 5 nitrogen and oxygen atoms in total. The van der Waals surface area contributed by atoms with E-state index in [2.05, 4.69) is 10.3 Å². The third kappa shape index (κ3) is 2.93. The second-order valence-corrected chi connectivity index (χ2v) is 2.80. The predicted molar refractivity (Wildman–Crippen MR) is 47.4 cm³/mol. The normalized spacial score (nSPS) is 11.3. The van der Waals surface area contributed by atoms with Crippen LogP contribution in [0.5, 0.6) is 0 Å². The molecular formula is C8H13F2N3O2. The summed E-state index contributed by atoms with van der Waals surface area (Å²) < 4.78 is 31.2. The summed E-state index contributed by atoms with van der Waals surface area (Å²) in [5, 5.41) is 15.8. The zero-order valence-electron chi connectivity index (χ0n) is 8.36. The first-order valence-corrected chi connectivity index (χ1v) is 4.59. The quantitative estimate of drug-likeness (QED) is 0.720. The van der Waals surface area contributed by atoms with Crippen molar-refractivity contribution in [2.24, 2.45) is 0 Å². The van der Waals surface area contributed by atoms with Crippen molar-refractivity contribution in [1.29, 1.82) is 0 Å². The van der Waals surface area contributed by atoms with E-state index in [1.807, 2.05) is 6.92 Å². The highest BCUT2D eigenvalue weighted by molar-refractivity contribution is 5.10. The molecule has 1 rings (SSSR count). The summed E-state index contributed by atoms with van der Waals surface area (Å²) in [7, 11) is 0. The van der Waals surface area contributed by atoms with Crippen molar-refractivity contribution in [3.8, 4) is 0 Å². The molecule has 1 aromatic heterocycles. The molecule has 0 aliphatic heterocycles. The van der Waals surface area contributed by atoms with E-state index in [-0.39, 0.29) is 17.9 Å². The Morgan fingerprint density at radius 3 is 2.80 bits per heavy atom. The Morgan fingerprint density at radius 1 is 1.53 bits per heavy atom. The third-order valence-corrected chi connectivity index (χ3v) is 1.86. The predicted octanol–water partition coefficient (Wildman–Crippen LogP) is 0.745. The Balaban J connectivity index is 2.73. The minimum absolute atomic E-state index is 0.0819. The maximum Gasteiger partial charge on any atom is 0.282 e. The lowest BCUT2D eigenvalue weighted by molar-refractivity contribution is 0.116. The van der Waals surface area contributed by atoms with Crippen LogP contribution in [0.1, 0.15) is 24.7 Å². The van der Waals surface area contributed by atoms with Gasteiger partial charge in [0.2, 0.25) is 0 Å². The zero-order chi connectivity index (χ0) is 11.3. The topological polar surface area (TPSA) is 60.2 Å². The van der Waals surface area contributed by atoms with Crippen LogP contribution in [-0.4, -0.2) is 33.3 Å². The van der Waals surface area contributed by atoms with Gasteiger partial charge in [0.05, 0.1) is 19.8 Å². The van der Waals surface area contributed by atoms with Crippen molar-refractivity contribution in [1.82, 2.24) is 15.0 Å². The van der Waals surface area contributed by atoms with Gasteiger partial charge >= 0.3 is 0 Å². The number of halogens is 2. The molecule has 0 spiro atoms. The summed E-state index contributed by atoms with van der Waals surface area (Å²) in [5.41, 5.74) is -0.418. The minimum atomic E-state index is -2.69. The van der Waals surface area contributed by atoms with Gasteiger partial charge in [-0.15, -0.1) is 5.10 Å². The summed E-state index contributed by atoms with van der Waals surface area (Å²) in [6.07, 6.45) is -2.69. The van der Waals surface area contributed by atoms with Crippen LogP contribution in [0.2, 0.25) is 0 Å². The van der Waals surface area contributed by atoms with Crippen molar-refractivity contribution in [2.45, 2.75) is 26.5 Å². The van der Waals surface area contributed by atoms with Gasteiger partial charge in [-0.25, -0.2) is 13.5 Å². The average Bonchev–Trinajstić information content (AvgIpc) is 2.61. The fourth-order valence-electron chi connectivity index (χ4n) is 1.17. The van der Waals surface area contributed by atoms with Crippen LogP contribution >= 0.6 is 0 Å². The number of aliphatic hydroxyl groups excluding tert-OH is 1. The van der Waals surface area contributed by atoms with Crippen molar-refractivity contribution >= 4 is 0 Å². The molecule has 1 heterocycles. The van der Waals surface area contributed by atoms with Gasteiger partial charge in [-0.2, -0.15) is 0 Å². The van der Waals surface area contributed by atoms with Crippen LogP contribution < -0.4 is 0 Å². The molecular weight excluding hydrogens is 208 g/mol. The van der Waals surface area contributed by atoms with Crippen LogP contribution in [0.3, 0.4) is 0 Å². The van der Waals surface area contributed by atoms with Gasteiger partial charge in [0.25, 0.3) is 6.43 Å². The molecule has 0 aromatic carbocycles. The number of hydrogen-bond acceptors (Lipinski definition) is 4. The second kappa shape index (κ2) is 5.72. The molecule has 15 heavy (non-hydrogen) atoms. The van der Waals surface area contributed by atoms with Gasteiger partial charge in [0.1, 0.15) is 11.4 Å². The summed E-state index contributed by atoms with van der Waals surface area (Å²) in [5.74, 6) is 0. The maximum atomic E-state index is 12.6. The molecule has 0 saturated heterocycles. The number of hydrogen-bond donors (Lipinski definition) is 1. The van der Waals surface area contributed by atoms with Gasteiger partial charge in [0, 0.05) is 6.61 Å². The van der Waals surface area contributed by atoms with Crippen LogP contribution in [-0.2, 0) is 17.9 Å². The number of nitrogens with zero attached hydrogens (tertiary/aromatic N) is 3. The molecule has 0 amide bonds. The fourth-order valence-corrected chi connectivity index (χ4v) is 1.17. The number of aromatic nitrogens is 3. The van der Waals surface area contributed by atoms with Gasteiger partial charge in [-0.1, -0.05) is 5.21 Å². The Bertz CT molecular complexity index is 304. The zero-order valence-corrected chi connectivity index (χ0v) is 8.36. The Hall–Kier alpha value is -1.08. The molecule has 0 unspecified atom stereocenters. The van der Waals surface area contributed by atoms with E-state index in [0.29, 0.717) is 13.2 Å². The van der Waals surface area contributed by atoms with E-state index >= 15 is 0 Å². The molecule has 0 fully saturated rings. The van der Waals surface area contributed by atoms with E-state index in [4.69, 9.17) is 9.84 Å². The van der Waals surface area contributed by atoms with Crippen molar-refractivity contribution in [2.75, 3.05) is 13.2 Å². The lowest BCUT2D eigenvalue weighted by Crippen LogP contribution is -2.11. The minimum Gasteiger partial charge on any atom is -0.390 e. The van der Waals surface area contributed by atoms with Gasteiger partial charge in [-0.3, -0.25) is 0 Å². The standard InChI is InChI=1S/C8H13F2N3O2/c1-2-15-4-3-13-7(8(9)10)6(5-14)11-12-13/h8,14H,2-5H2,1H3. The highest BCUT2D eigenvalue weighted by atomic mass is 19.3. The molecule has 1 aromatic rings. The lowest BCUT2D eigenvalue weighted by atomic mass is 10.3. The van der Waals surface area contributed by atoms with Crippen molar-refractivity contribution < 1.29 is 18.6 Å². The smallest absolute Gasteiger partial charge is 0.282 e. The molecule has 0 radical (unpaired) electrons. The molecule has 1 N–H and O–H groups in total. The van der Waals surface area contributed by atoms with E-state index in [0.717, 1.165) is 4.68 Å². The monoisotopic (exact) mass is 221 g/mol. The highest BCUT2D eigenvalue weighted by Crippen LogP contribution is 2.21. The summed E-state index contributed by atoms with van der Waals surface area (Å²) in [6.45, 7) is 2.30. The third-order valence-electron chi connectivity index (χ3n) is 1.86. The second-order valence-electron chi connectivity index (χ2n) is 2.80. The van der Waals surface area contributed by atoms with E-state index in [9.17, 15) is 8.78 Å². The summed E-state index contributed by atoms with van der Waals surface area (Å²) in [4.78, 5) is 0. The van der Waals surface area contributed by atoms with Crippen LogP contribution in [0, 0.1) is 0 Å². The first-order valence-electron chi connectivity index (χ1n) is 4.59. The fraction of sp³-hybridized carbons (Fsp3) is 0.750. The van der Waals surface area contributed by atoms with E-state index in [1.54, 1.807) is 0 Å². The molecule has 0 bridgehead atoms. The Labute approximate surface area is 85.7 Å². The largest absolute Gasteiger partial charge is 0.390 e. The van der Waals surface area contributed by atoms with E-state index < -0.39 is 13.0 Å². The van der Waals surface area contributed by atoms with Gasteiger partial charge < -0.3 is 9.84 Å². The van der Waals surface area contributed by atoms with Crippen LogP contribution in [0.25, 0.3) is 0 Å². The maximum absolute atomic E-state index is 12.6. The van der Waals surface area contributed by atoms with E-state index in [1.165, 1.54) is 0 Å². The molecule has 0 saturated carbocycles. The molecule has 0 aliphatic rings. The lowest BCUT2D eigenvalue weighted by Gasteiger charge is -2.06. The SMILES string of the molecule is CCOCCn1nnc(CO)c1C(F)F. The molecule has 86 valence electrons. The molecule has 7 heteroatoms.